The zero-order chi connectivity index (χ0) is 15.2. The summed E-state index contributed by atoms with van der Waals surface area (Å²) in [4.78, 5) is 11.9. The number of carbonyl (C=O) groups is 1. The Morgan fingerprint density at radius 2 is 1.81 bits per heavy atom. The van der Waals surface area contributed by atoms with E-state index in [0.717, 1.165) is 11.3 Å². The lowest BCUT2D eigenvalue weighted by molar-refractivity contribution is -0.119. The maximum Gasteiger partial charge on any atom is 0.239 e. The second-order valence-electron chi connectivity index (χ2n) is 5.00. The molecule has 2 rings (SSSR count). The molecule has 0 radical (unpaired) electrons. The molecule has 1 amide bonds. The number of nitrogens with one attached hydrogen (secondary N) is 2. The van der Waals surface area contributed by atoms with Gasteiger partial charge >= 0.3 is 0 Å². The Bertz CT molecular complexity index is 623. The van der Waals surface area contributed by atoms with Crippen LogP contribution < -0.4 is 10.6 Å². The van der Waals surface area contributed by atoms with Crippen LogP contribution >= 0.6 is 11.6 Å². The Morgan fingerprint density at radius 3 is 2.52 bits per heavy atom. The first-order chi connectivity index (χ1) is 10.1. The number of aryl methyl sites for hydroxylation is 1. The van der Waals surface area contributed by atoms with Crippen LogP contribution in [0.2, 0.25) is 5.02 Å². The van der Waals surface area contributed by atoms with Gasteiger partial charge in [0.15, 0.2) is 0 Å². The van der Waals surface area contributed by atoms with Gasteiger partial charge in [0.05, 0.1) is 6.54 Å². The quantitative estimate of drug-likeness (QED) is 0.884. The fraction of sp³-hybridized carbons (Fsp3) is 0.235. The monoisotopic (exact) mass is 302 g/mol. The zero-order valence-corrected chi connectivity index (χ0v) is 13.0. The molecule has 110 valence electrons. The van der Waals surface area contributed by atoms with E-state index in [9.17, 15) is 4.79 Å². The van der Waals surface area contributed by atoms with Gasteiger partial charge in [0.2, 0.25) is 5.91 Å². The van der Waals surface area contributed by atoms with E-state index in [-0.39, 0.29) is 12.5 Å². The van der Waals surface area contributed by atoms with E-state index in [4.69, 9.17) is 11.6 Å². The van der Waals surface area contributed by atoms with Crippen LogP contribution in [0.1, 0.15) is 16.7 Å². The van der Waals surface area contributed by atoms with Crippen LogP contribution in [-0.2, 0) is 11.3 Å². The van der Waals surface area contributed by atoms with Crippen molar-refractivity contribution in [2.45, 2.75) is 20.4 Å². The van der Waals surface area contributed by atoms with Gasteiger partial charge in [0.25, 0.3) is 0 Å². The van der Waals surface area contributed by atoms with Crippen molar-refractivity contribution in [2.24, 2.45) is 0 Å². The molecule has 21 heavy (non-hydrogen) atoms. The second-order valence-corrected chi connectivity index (χ2v) is 5.44. The van der Waals surface area contributed by atoms with E-state index in [1.165, 1.54) is 11.1 Å². The first-order valence-corrected chi connectivity index (χ1v) is 7.25. The van der Waals surface area contributed by atoms with Crippen LogP contribution in [0.4, 0.5) is 5.69 Å². The molecule has 0 atom stereocenters. The van der Waals surface area contributed by atoms with Crippen molar-refractivity contribution in [1.82, 2.24) is 5.32 Å². The van der Waals surface area contributed by atoms with Gasteiger partial charge in [0, 0.05) is 17.3 Å². The summed E-state index contributed by atoms with van der Waals surface area (Å²) < 4.78 is 0. The van der Waals surface area contributed by atoms with Gasteiger partial charge in [-0.1, -0.05) is 35.9 Å². The van der Waals surface area contributed by atoms with Crippen molar-refractivity contribution in [3.8, 4) is 0 Å². The van der Waals surface area contributed by atoms with Crippen molar-refractivity contribution >= 4 is 23.2 Å². The molecule has 0 spiro atoms. The molecule has 4 heteroatoms. The van der Waals surface area contributed by atoms with Gasteiger partial charge in [-0.3, -0.25) is 4.79 Å². The molecule has 0 aliphatic rings. The Labute approximate surface area is 130 Å². The van der Waals surface area contributed by atoms with Crippen LogP contribution in [0.5, 0.6) is 0 Å². The topological polar surface area (TPSA) is 41.1 Å². The van der Waals surface area contributed by atoms with Crippen LogP contribution in [-0.4, -0.2) is 12.5 Å². The Kier molecular flexibility index (Phi) is 5.23. The summed E-state index contributed by atoms with van der Waals surface area (Å²) in [6.45, 7) is 4.87. The largest absolute Gasteiger partial charge is 0.376 e. The summed E-state index contributed by atoms with van der Waals surface area (Å²) in [5.74, 6) is -0.0362. The van der Waals surface area contributed by atoms with Crippen LogP contribution in [0.15, 0.2) is 42.5 Å². The lowest BCUT2D eigenvalue weighted by Gasteiger charge is -2.11. The molecule has 0 heterocycles. The Balaban J connectivity index is 1.82. The minimum absolute atomic E-state index is 0.0362. The zero-order valence-electron chi connectivity index (χ0n) is 12.2. The molecule has 2 aromatic carbocycles. The summed E-state index contributed by atoms with van der Waals surface area (Å²) in [5.41, 5.74) is 4.40. The Morgan fingerprint density at radius 1 is 1.10 bits per heavy atom. The van der Waals surface area contributed by atoms with Crippen LogP contribution in [0.25, 0.3) is 0 Å². The highest BCUT2D eigenvalue weighted by Gasteiger charge is 2.04. The summed E-state index contributed by atoms with van der Waals surface area (Å²) in [6.07, 6.45) is 0. The average molecular weight is 303 g/mol. The predicted octanol–water partition coefficient (Wildman–Crippen LogP) is 3.69. The highest BCUT2D eigenvalue weighted by Crippen LogP contribution is 2.17. The number of rotatable bonds is 5. The fourth-order valence-electron chi connectivity index (χ4n) is 1.98. The summed E-state index contributed by atoms with van der Waals surface area (Å²) >= 11 is 5.82. The molecule has 0 saturated carbocycles. The summed E-state index contributed by atoms with van der Waals surface area (Å²) in [5, 5.41) is 6.74. The lowest BCUT2D eigenvalue weighted by atomic mass is 10.1. The average Bonchev–Trinajstić information content (AvgIpc) is 2.48. The van der Waals surface area contributed by atoms with Crippen LogP contribution in [0.3, 0.4) is 0 Å². The van der Waals surface area contributed by atoms with Gasteiger partial charge in [-0.2, -0.15) is 0 Å². The molecule has 0 aromatic heterocycles. The van der Waals surface area contributed by atoms with E-state index in [0.29, 0.717) is 11.6 Å². The maximum absolute atomic E-state index is 11.9. The molecule has 0 aliphatic heterocycles. The number of halogens is 1. The minimum Gasteiger partial charge on any atom is -0.376 e. The predicted molar refractivity (Wildman–Crippen MR) is 87.7 cm³/mol. The smallest absolute Gasteiger partial charge is 0.239 e. The number of amides is 1. The summed E-state index contributed by atoms with van der Waals surface area (Å²) in [7, 11) is 0. The van der Waals surface area contributed by atoms with Crippen molar-refractivity contribution in [3.05, 3.63) is 64.2 Å². The van der Waals surface area contributed by atoms with E-state index in [1.807, 2.05) is 43.3 Å². The van der Waals surface area contributed by atoms with E-state index in [2.05, 4.69) is 23.6 Å². The molecule has 0 bridgehead atoms. The van der Waals surface area contributed by atoms with E-state index >= 15 is 0 Å². The summed E-state index contributed by atoms with van der Waals surface area (Å²) in [6, 6.07) is 13.5. The number of hydrogen-bond acceptors (Lipinski definition) is 2. The number of carbonyl (C=O) groups excluding carboxylic acids is 1. The van der Waals surface area contributed by atoms with Crippen molar-refractivity contribution in [3.63, 3.8) is 0 Å². The number of anilines is 1. The van der Waals surface area contributed by atoms with Gasteiger partial charge in [-0.15, -0.1) is 0 Å². The Hall–Kier alpha value is -2.00. The van der Waals surface area contributed by atoms with Gasteiger partial charge in [-0.25, -0.2) is 0 Å². The molecule has 2 N–H and O–H groups in total. The third kappa shape index (κ3) is 4.50. The molecule has 0 unspecified atom stereocenters. The molecule has 0 aliphatic carbocycles. The maximum atomic E-state index is 11.9. The molecular weight excluding hydrogens is 284 g/mol. The van der Waals surface area contributed by atoms with Gasteiger partial charge in [0.1, 0.15) is 0 Å². The minimum atomic E-state index is -0.0362. The van der Waals surface area contributed by atoms with Gasteiger partial charge in [-0.05, 0) is 48.7 Å². The lowest BCUT2D eigenvalue weighted by Crippen LogP contribution is -2.29. The SMILES string of the molecule is Cc1cccc(NCC(=O)NCc2ccc(Cl)cc2)c1C. The molecular formula is C17H19ClN2O. The molecule has 0 saturated heterocycles. The van der Waals surface area contributed by atoms with Crippen LogP contribution in [0, 0.1) is 13.8 Å². The van der Waals surface area contributed by atoms with Gasteiger partial charge < -0.3 is 10.6 Å². The van der Waals surface area contributed by atoms with Crippen molar-refractivity contribution in [1.29, 1.82) is 0 Å². The van der Waals surface area contributed by atoms with E-state index < -0.39 is 0 Å². The highest BCUT2D eigenvalue weighted by atomic mass is 35.5. The standard InChI is InChI=1S/C17H19ClN2O/c1-12-4-3-5-16(13(12)2)19-11-17(21)20-10-14-6-8-15(18)9-7-14/h3-9,19H,10-11H2,1-2H3,(H,20,21). The van der Waals surface area contributed by atoms with Crippen molar-refractivity contribution in [2.75, 3.05) is 11.9 Å². The molecule has 0 fully saturated rings. The number of hydrogen-bond donors (Lipinski definition) is 2. The third-order valence-corrected chi connectivity index (χ3v) is 3.70. The molecule has 2 aromatic rings. The first-order valence-electron chi connectivity index (χ1n) is 6.87. The molecule has 3 nitrogen and oxygen atoms in total. The second kappa shape index (κ2) is 7.14. The highest BCUT2D eigenvalue weighted by molar-refractivity contribution is 6.30. The number of benzene rings is 2. The van der Waals surface area contributed by atoms with E-state index in [1.54, 1.807) is 0 Å². The fourth-order valence-corrected chi connectivity index (χ4v) is 2.11. The van der Waals surface area contributed by atoms with Crippen molar-refractivity contribution < 1.29 is 4.79 Å². The third-order valence-electron chi connectivity index (χ3n) is 3.45. The first kappa shape index (κ1) is 15.4. The normalized spacial score (nSPS) is 10.2.